The third kappa shape index (κ3) is 4.67. The first-order chi connectivity index (χ1) is 15.6. The van der Waals surface area contributed by atoms with Crippen molar-refractivity contribution in [2.24, 2.45) is 0 Å². The summed E-state index contributed by atoms with van der Waals surface area (Å²) in [4.78, 5) is 37.3. The van der Waals surface area contributed by atoms with Gasteiger partial charge >= 0.3 is 11.9 Å². The Morgan fingerprint density at radius 2 is 1.64 bits per heavy atom. The van der Waals surface area contributed by atoms with Gasteiger partial charge in [-0.25, -0.2) is 9.59 Å². The molecule has 1 aliphatic heterocycles. The van der Waals surface area contributed by atoms with Crippen molar-refractivity contribution in [2.45, 2.75) is 0 Å². The Labute approximate surface area is 206 Å². The van der Waals surface area contributed by atoms with E-state index in [0.717, 1.165) is 17.8 Å². The number of thioether (sulfide) groups is 1. The van der Waals surface area contributed by atoms with Crippen LogP contribution in [0.15, 0.2) is 57.9 Å². The molecule has 3 aromatic rings. The first-order valence-corrected chi connectivity index (χ1v) is 11.1. The minimum atomic E-state index is -1.27. The number of carboxylic acids is 2. The van der Waals surface area contributed by atoms with E-state index < -0.39 is 11.9 Å². The zero-order valence-electron chi connectivity index (χ0n) is 16.2. The number of anilines is 1. The zero-order valence-corrected chi connectivity index (χ0v) is 19.4. The number of hydrogen-bond acceptors (Lipinski definition) is 6. The minimum Gasteiger partial charge on any atom is -0.478 e. The van der Waals surface area contributed by atoms with E-state index in [2.05, 4.69) is 0 Å². The Kier molecular flexibility index (Phi) is 6.31. The molecule has 0 radical (unpaired) electrons. The zero-order chi connectivity index (χ0) is 23.9. The van der Waals surface area contributed by atoms with E-state index in [1.807, 2.05) is 0 Å². The molecule has 0 aliphatic carbocycles. The number of nitrogens with zero attached hydrogens (tertiary/aromatic N) is 1. The van der Waals surface area contributed by atoms with Gasteiger partial charge in [0.2, 0.25) is 0 Å². The van der Waals surface area contributed by atoms with Crippen molar-refractivity contribution in [2.75, 3.05) is 4.90 Å². The van der Waals surface area contributed by atoms with Crippen LogP contribution in [-0.4, -0.2) is 32.4 Å². The number of furan rings is 1. The van der Waals surface area contributed by atoms with Gasteiger partial charge in [0.25, 0.3) is 5.91 Å². The first kappa shape index (κ1) is 23.1. The van der Waals surface area contributed by atoms with Crippen LogP contribution in [-0.2, 0) is 4.79 Å². The summed E-state index contributed by atoms with van der Waals surface area (Å²) in [5, 5.41) is 19.1. The normalized spacial score (nSPS) is 14.8. The molecule has 1 saturated heterocycles. The molecule has 7 nitrogen and oxygen atoms in total. The number of benzene rings is 2. The van der Waals surface area contributed by atoms with Crippen LogP contribution in [0.5, 0.6) is 0 Å². The summed E-state index contributed by atoms with van der Waals surface area (Å²) in [6.07, 6.45) is 1.50. The van der Waals surface area contributed by atoms with Crippen LogP contribution in [0.2, 0.25) is 10.0 Å². The lowest BCUT2D eigenvalue weighted by atomic mass is 10.0. The van der Waals surface area contributed by atoms with E-state index in [1.165, 1.54) is 29.2 Å². The highest BCUT2D eigenvalue weighted by atomic mass is 35.5. The fourth-order valence-electron chi connectivity index (χ4n) is 3.05. The largest absolute Gasteiger partial charge is 0.478 e. The molecule has 1 amide bonds. The Morgan fingerprint density at radius 1 is 0.970 bits per heavy atom. The number of carbonyl (C=O) groups excluding carboxylic acids is 1. The van der Waals surface area contributed by atoms with Gasteiger partial charge in [-0.05, 0) is 48.5 Å². The van der Waals surface area contributed by atoms with Gasteiger partial charge < -0.3 is 14.6 Å². The molecule has 4 rings (SSSR count). The van der Waals surface area contributed by atoms with Gasteiger partial charge in [-0.15, -0.1) is 0 Å². The van der Waals surface area contributed by atoms with Gasteiger partial charge in [0.15, 0.2) is 4.32 Å². The highest BCUT2D eigenvalue weighted by Crippen LogP contribution is 2.38. The molecule has 2 aromatic carbocycles. The van der Waals surface area contributed by atoms with Gasteiger partial charge in [-0.2, -0.15) is 0 Å². The number of hydrogen-bond donors (Lipinski definition) is 2. The maximum absolute atomic E-state index is 12.9. The van der Waals surface area contributed by atoms with Gasteiger partial charge in [0, 0.05) is 11.6 Å². The Bertz CT molecular complexity index is 1350. The van der Waals surface area contributed by atoms with E-state index in [1.54, 1.807) is 24.3 Å². The monoisotopic (exact) mass is 519 g/mol. The lowest BCUT2D eigenvalue weighted by Crippen LogP contribution is -2.27. The van der Waals surface area contributed by atoms with Crippen LogP contribution in [0.4, 0.5) is 5.69 Å². The molecule has 0 bridgehead atoms. The quantitative estimate of drug-likeness (QED) is 0.309. The standard InChI is InChI=1S/C22H11Cl2NO6S2/c23-15-3-1-13(8-16(15)24)25-19(26)18(33-22(25)32)9-14-2-4-17(31-14)10-5-11(20(27)28)7-12(6-10)21(29)30/h1-9H,(H,27,28)(H,29,30)/b18-9-. The molecule has 2 N–H and O–H groups in total. The van der Waals surface area contributed by atoms with Crippen LogP contribution in [0.3, 0.4) is 0 Å². The molecular weight excluding hydrogens is 509 g/mol. The number of halogens is 2. The molecule has 11 heteroatoms. The lowest BCUT2D eigenvalue weighted by molar-refractivity contribution is -0.113. The lowest BCUT2D eigenvalue weighted by Gasteiger charge is -2.15. The highest BCUT2D eigenvalue weighted by molar-refractivity contribution is 8.27. The van der Waals surface area contributed by atoms with Crippen LogP contribution >= 0.6 is 47.2 Å². The van der Waals surface area contributed by atoms with Crippen molar-refractivity contribution in [1.29, 1.82) is 0 Å². The summed E-state index contributed by atoms with van der Waals surface area (Å²) in [7, 11) is 0. The van der Waals surface area contributed by atoms with Crippen molar-refractivity contribution in [3.63, 3.8) is 0 Å². The molecule has 2 heterocycles. The fraction of sp³-hybridized carbons (Fsp3) is 0. The predicted octanol–water partition coefficient (Wildman–Crippen LogP) is 6.06. The smallest absolute Gasteiger partial charge is 0.335 e. The van der Waals surface area contributed by atoms with Crippen molar-refractivity contribution in [3.05, 3.63) is 80.4 Å². The summed E-state index contributed by atoms with van der Waals surface area (Å²) in [6.45, 7) is 0. The second kappa shape index (κ2) is 9.03. The third-order valence-corrected chi connectivity index (χ3v) is 6.61. The van der Waals surface area contributed by atoms with Gasteiger partial charge in [0.1, 0.15) is 11.5 Å². The summed E-state index contributed by atoms with van der Waals surface area (Å²) in [5.74, 6) is -2.36. The number of amides is 1. The SMILES string of the molecule is O=C(O)c1cc(C(=O)O)cc(-c2ccc(/C=C3\SC(=S)N(c4ccc(Cl)c(Cl)c4)C3=O)o2)c1. The van der Waals surface area contributed by atoms with Gasteiger partial charge in [-0.3, -0.25) is 9.69 Å². The molecular formula is C22H11Cl2NO6S2. The molecule has 0 atom stereocenters. The van der Waals surface area contributed by atoms with Gasteiger partial charge in [0.05, 0.1) is 31.8 Å². The van der Waals surface area contributed by atoms with Crippen LogP contribution in [0.1, 0.15) is 26.5 Å². The molecule has 1 fully saturated rings. The van der Waals surface area contributed by atoms with E-state index in [0.29, 0.717) is 25.7 Å². The van der Waals surface area contributed by atoms with Crippen LogP contribution in [0.25, 0.3) is 17.4 Å². The molecule has 0 spiro atoms. The molecule has 0 saturated carbocycles. The number of carbonyl (C=O) groups is 3. The van der Waals surface area contributed by atoms with E-state index >= 15 is 0 Å². The fourth-order valence-corrected chi connectivity index (χ4v) is 4.62. The Morgan fingerprint density at radius 3 is 2.24 bits per heavy atom. The van der Waals surface area contributed by atoms with Gasteiger partial charge in [-0.1, -0.05) is 47.2 Å². The summed E-state index contributed by atoms with van der Waals surface area (Å²) >= 11 is 18.4. The van der Waals surface area contributed by atoms with Crippen molar-refractivity contribution < 1.29 is 29.0 Å². The second-order valence-corrected chi connectivity index (χ2v) is 9.22. The van der Waals surface area contributed by atoms with Crippen molar-refractivity contribution in [3.8, 4) is 11.3 Å². The van der Waals surface area contributed by atoms with E-state index in [-0.39, 0.29) is 33.4 Å². The third-order valence-electron chi connectivity index (χ3n) is 4.57. The first-order valence-electron chi connectivity index (χ1n) is 9.09. The molecule has 1 aliphatic rings. The molecule has 1 aromatic heterocycles. The maximum Gasteiger partial charge on any atom is 0.335 e. The minimum absolute atomic E-state index is 0.189. The summed E-state index contributed by atoms with van der Waals surface area (Å²) in [6, 6.07) is 11.5. The van der Waals surface area contributed by atoms with Crippen LogP contribution in [0, 0.1) is 0 Å². The molecule has 0 unspecified atom stereocenters. The average molecular weight is 520 g/mol. The highest BCUT2D eigenvalue weighted by Gasteiger charge is 2.34. The maximum atomic E-state index is 12.9. The van der Waals surface area contributed by atoms with Crippen LogP contribution < -0.4 is 4.90 Å². The van der Waals surface area contributed by atoms with Crippen molar-refractivity contribution in [1.82, 2.24) is 0 Å². The summed E-state index contributed by atoms with van der Waals surface area (Å²) in [5.41, 5.74) is 0.369. The number of rotatable bonds is 5. The second-order valence-electron chi connectivity index (χ2n) is 6.73. The Hall–Kier alpha value is -3.11. The molecule has 33 heavy (non-hydrogen) atoms. The van der Waals surface area contributed by atoms with Crippen molar-refractivity contribution >= 4 is 81.1 Å². The molecule has 166 valence electrons. The topological polar surface area (TPSA) is 108 Å². The van der Waals surface area contributed by atoms with E-state index in [9.17, 15) is 24.6 Å². The van der Waals surface area contributed by atoms with E-state index in [4.69, 9.17) is 39.8 Å². The number of thiocarbonyl (C=S) groups is 1. The summed E-state index contributed by atoms with van der Waals surface area (Å²) < 4.78 is 6.03. The predicted molar refractivity (Wildman–Crippen MR) is 130 cm³/mol. The number of carboxylic acid groups (broad SMARTS) is 2. The average Bonchev–Trinajstić information content (AvgIpc) is 3.34. The Balaban J connectivity index is 1.65. The number of aromatic carboxylic acids is 2.